The van der Waals surface area contributed by atoms with Gasteiger partial charge in [-0.2, -0.15) is 0 Å². The molecule has 0 aliphatic carbocycles. The van der Waals surface area contributed by atoms with E-state index in [0.717, 1.165) is 6.42 Å². The van der Waals surface area contributed by atoms with E-state index in [1.54, 1.807) is 0 Å². The predicted octanol–water partition coefficient (Wildman–Crippen LogP) is 0.277. The molecule has 0 bridgehead atoms. The standard InChI is InChI=1S/C12H18N2O4S/c1-2-10-14(8(6-19-10)12(17)18)11(16)7-3-4-9(15)13-5-7/h7-8,10H,2-6H2,1H3,(H,13,15)(H,17,18). The average Bonchev–Trinajstić information content (AvgIpc) is 2.82. The molecule has 2 N–H and O–H groups in total. The van der Waals surface area contributed by atoms with Crippen LogP contribution in [0.5, 0.6) is 0 Å². The largest absolute Gasteiger partial charge is 0.480 e. The number of aliphatic carboxylic acids is 1. The van der Waals surface area contributed by atoms with Crippen molar-refractivity contribution >= 4 is 29.5 Å². The van der Waals surface area contributed by atoms with Crippen LogP contribution in [-0.4, -0.2) is 51.5 Å². The van der Waals surface area contributed by atoms with Crippen molar-refractivity contribution in [1.29, 1.82) is 0 Å². The molecule has 2 heterocycles. The van der Waals surface area contributed by atoms with E-state index in [0.29, 0.717) is 25.1 Å². The Morgan fingerprint density at radius 2 is 2.26 bits per heavy atom. The maximum Gasteiger partial charge on any atom is 0.327 e. The van der Waals surface area contributed by atoms with Gasteiger partial charge in [-0.25, -0.2) is 4.79 Å². The lowest BCUT2D eigenvalue weighted by Crippen LogP contribution is -2.51. The molecule has 0 radical (unpaired) electrons. The number of carbonyl (C=O) groups is 3. The molecule has 0 aromatic rings. The highest BCUT2D eigenvalue weighted by Crippen LogP contribution is 2.33. The molecule has 3 atom stereocenters. The van der Waals surface area contributed by atoms with Gasteiger partial charge < -0.3 is 15.3 Å². The molecular weight excluding hydrogens is 268 g/mol. The van der Waals surface area contributed by atoms with E-state index in [4.69, 9.17) is 0 Å². The van der Waals surface area contributed by atoms with Crippen LogP contribution in [0.1, 0.15) is 26.2 Å². The molecule has 2 aliphatic heterocycles. The number of nitrogens with one attached hydrogen (secondary N) is 1. The molecular formula is C12H18N2O4S. The Labute approximate surface area is 115 Å². The monoisotopic (exact) mass is 286 g/mol. The van der Waals surface area contributed by atoms with Crippen molar-refractivity contribution in [1.82, 2.24) is 10.2 Å². The summed E-state index contributed by atoms with van der Waals surface area (Å²) in [7, 11) is 0. The third-order valence-corrected chi connectivity index (χ3v) is 5.05. The van der Waals surface area contributed by atoms with Crippen molar-refractivity contribution in [3.05, 3.63) is 0 Å². The summed E-state index contributed by atoms with van der Waals surface area (Å²) in [6, 6.07) is -0.736. The number of hydrogen-bond acceptors (Lipinski definition) is 4. The van der Waals surface area contributed by atoms with Crippen LogP contribution in [0.2, 0.25) is 0 Å². The third-order valence-electron chi connectivity index (χ3n) is 3.60. The van der Waals surface area contributed by atoms with Gasteiger partial charge in [0.05, 0.1) is 11.3 Å². The molecule has 2 amide bonds. The topological polar surface area (TPSA) is 86.7 Å². The van der Waals surface area contributed by atoms with Crippen molar-refractivity contribution in [3.8, 4) is 0 Å². The second kappa shape index (κ2) is 5.81. The minimum Gasteiger partial charge on any atom is -0.480 e. The lowest BCUT2D eigenvalue weighted by atomic mass is 9.97. The molecule has 3 unspecified atom stereocenters. The number of piperidine rings is 1. The van der Waals surface area contributed by atoms with Crippen molar-refractivity contribution in [2.45, 2.75) is 37.6 Å². The Morgan fingerprint density at radius 3 is 2.79 bits per heavy atom. The number of carbonyl (C=O) groups excluding carboxylic acids is 2. The third kappa shape index (κ3) is 2.86. The van der Waals surface area contributed by atoms with Crippen LogP contribution in [0.15, 0.2) is 0 Å². The molecule has 0 saturated carbocycles. The number of carboxylic acid groups (broad SMARTS) is 1. The zero-order valence-corrected chi connectivity index (χ0v) is 11.6. The fourth-order valence-corrected chi connectivity index (χ4v) is 3.87. The summed E-state index contributed by atoms with van der Waals surface area (Å²) in [4.78, 5) is 36.3. The van der Waals surface area contributed by atoms with Gasteiger partial charge in [0.15, 0.2) is 0 Å². The summed E-state index contributed by atoms with van der Waals surface area (Å²) in [6.07, 6.45) is 1.58. The Morgan fingerprint density at radius 1 is 1.53 bits per heavy atom. The van der Waals surface area contributed by atoms with Crippen LogP contribution in [0.3, 0.4) is 0 Å². The van der Waals surface area contributed by atoms with Crippen molar-refractivity contribution < 1.29 is 19.5 Å². The molecule has 0 aromatic heterocycles. The second-order valence-corrected chi connectivity index (χ2v) is 6.05. The van der Waals surface area contributed by atoms with Gasteiger partial charge in [-0.05, 0) is 12.8 Å². The Kier molecular flexibility index (Phi) is 4.34. The summed E-state index contributed by atoms with van der Waals surface area (Å²) in [6.45, 7) is 2.27. The first-order valence-electron chi connectivity index (χ1n) is 6.47. The van der Waals surface area contributed by atoms with Crippen molar-refractivity contribution in [2.75, 3.05) is 12.3 Å². The van der Waals surface area contributed by atoms with Gasteiger partial charge in [-0.1, -0.05) is 6.92 Å². The first kappa shape index (κ1) is 14.2. The average molecular weight is 286 g/mol. The van der Waals surface area contributed by atoms with E-state index in [1.165, 1.54) is 16.7 Å². The maximum atomic E-state index is 12.5. The Hall–Kier alpha value is -1.24. The smallest absolute Gasteiger partial charge is 0.327 e. The van der Waals surface area contributed by atoms with E-state index in [1.807, 2.05) is 6.92 Å². The molecule has 0 aromatic carbocycles. The van der Waals surface area contributed by atoms with Crippen LogP contribution >= 0.6 is 11.8 Å². The van der Waals surface area contributed by atoms with E-state index in [9.17, 15) is 19.5 Å². The maximum absolute atomic E-state index is 12.5. The number of amides is 2. The molecule has 19 heavy (non-hydrogen) atoms. The van der Waals surface area contributed by atoms with Crippen molar-refractivity contribution in [3.63, 3.8) is 0 Å². The highest BCUT2D eigenvalue weighted by atomic mass is 32.2. The SMILES string of the molecule is CCC1SCC(C(=O)O)N1C(=O)C1CCC(=O)NC1. The lowest BCUT2D eigenvalue weighted by molar-refractivity contribution is -0.151. The van der Waals surface area contributed by atoms with Gasteiger partial charge in [0.1, 0.15) is 6.04 Å². The lowest BCUT2D eigenvalue weighted by Gasteiger charge is -2.32. The number of thioether (sulfide) groups is 1. The number of hydrogen-bond donors (Lipinski definition) is 2. The van der Waals surface area contributed by atoms with Gasteiger partial charge in [0, 0.05) is 18.7 Å². The van der Waals surface area contributed by atoms with Crippen LogP contribution in [0, 0.1) is 5.92 Å². The van der Waals surface area contributed by atoms with Gasteiger partial charge in [0.25, 0.3) is 0 Å². The molecule has 2 fully saturated rings. The molecule has 0 spiro atoms. The molecule has 2 saturated heterocycles. The van der Waals surface area contributed by atoms with Crippen LogP contribution in [-0.2, 0) is 14.4 Å². The summed E-state index contributed by atoms with van der Waals surface area (Å²) in [5, 5.41) is 11.8. The minimum atomic E-state index is -0.948. The number of carboxylic acids is 1. The molecule has 2 aliphatic rings. The Balaban J connectivity index is 2.10. The quantitative estimate of drug-likeness (QED) is 0.778. The summed E-state index contributed by atoms with van der Waals surface area (Å²) < 4.78 is 0. The van der Waals surface area contributed by atoms with E-state index in [2.05, 4.69) is 5.32 Å². The first-order chi connectivity index (χ1) is 9.04. The number of rotatable bonds is 3. The van der Waals surface area contributed by atoms with E-state index in [-0.39, 0.29) is 23.1 Å². The molecule has 106 valence electrons. The second-order valence-electron chi connectivity index (χ2n) is 4.84. The predicted molar refractivity (Wildman–Crippen MR) is 70.5 cm³/mol. The van der Waals surface area contributed by atoms with Gasteiger partial charge in [0.2, 0.25) is 11.8 Å². The van der Waals surface area contributed by atoms with Gasteiger partial charge in [-0.3, -0.25) is 9.59 Å². The van der Waals surface area contributed by atoms with Crippen LogP contribution in [0.25, 0.3) is 0 Å². The summed E-state index contributed by atoms with van der Waals surface area (Å²) >= 11 is 1.52. The minimum absolute atomic E-state index is 0.0401. The van der Waals surface area contributed by atoms with Crippen molar-refractivity contribution in [2.24, 2.45) is 5.92 Å². The zero-order valence-electron chi connectivity index (χ0n) is 10.8. The summed E-state index contributed by atoms with van der Waals surface area (Å²) in [5.74, 6) is -0.964. The van der Waals surface area contributed by atoms with Gasteiger partial charge in [-0.15, -0.1) is 11.8 Å². The van der Waals surface area contributed by atoms with Gasteiger partial charge >= 0.3 is 5.97 Å². The number of nitrogens with zero attached hydrogens (tertiary/aromatic N) is 1. The zero-order chi connectivity index (χ0) is 14.0. The molecule has 7 heteroatoms. The van der Waals surface area contributed by atoms with E-state index < -0.39 is 12.0 Å². The fourth-order valence-electron chi connectivity index (χ4n) is 2.52. The fraction of sp³-hybridized carbons (Fsp3) is 0.750. The van der Waals surface area contributed by atoms with Crippen LogP contribution in [0.4, 0.5) is 0 Å². The van der Waals surface area contributed by atoms with E-state index >= 15 is 0 Å². The normalized spacial score (nSPS) is 31.1. The Bertz CT molecular complexity index is 391. The molecule has 6 nitrogen and oxygen atoms in total. The highest BCUT2D eigenvalue weighted by molar-refractivity contribution is 8.00. The first-order valence-corrected chi connectivity index (χ1v) is 7.52. The highest BCUT2D eigenvalue weighted by Gasteiger charge is 2.43. The van der Waals surface area contributed by atoms with Crippen LogP contribution < -0.4 is 5.32 Å². The summed E-state index contributed by atoms with van der Waals surface area (Å²) in [5.41, 5.74) is 0. The molecule has 2 rings (SSSR count).